The predicted octanol–water partition coefficient (Wildman–Crippen LogP) is 1.19. The highest BCUT2D eigenvalue weighted by Gasteiger charge is 2.43. The van der Waals surface area contributed by atoms with E-state index in [0.717, 1.165) is 31.2 Å². The topological polar surface area (TPSA) is 108 Å². The van der Waals surface area contributed by atoms with Crippen molar-refractivity contribution in [2.24, 2.45) is 5.73 Å². The highest BCUT2D eigenvalue weighted by atomic mass is 16.2. The van der Waals surface area contributed by atoms with Gasteiger partial charge in [-0.25, -0.2) is 4.79 Å². The summed E-state index contributed by atoms with van der Waals surface area (Å²) in [6, 6.07) is 7.14. The number of hydrogen-bond donors (Lipinski definition) is 3. The van der Waals surface area contributed by atoms with Gasteiger partial charge in [-0.2, -0.15) is 0 Å². The van der Waals surface area contributed by atoms with E-state index in [4.69, 9.17) is 5.73 Å². The maximum absolute atomic E-state index is 13.2. The monoisotopic (exact) mass is 401 g/mol. The number of nitrogens with two attached hydrogens (primary N) is 1. The number of amides is 4. The van der Waals surface area contributed by atoms with Crippen molar-refractivity contribution < 1.29 is 14.4 Å². The number of rotatable bonds is 4. The molecule has 0 bridgehead atoms. The van der Waals surface area contributed by atoms with Crippen LogP contribution >= 0.6 is 0 Å². The molecule has 29 heavy (non-hydrogen) atoms. The van der Waals surface area contributed by atoms with Gasteiger partial charge < -0.3 is 21.3 Å². The largest absolute Gasteiger partial charge is 0.350 e. The molecule has 1 aliphatic heterocycles. The minimum atomic E-state index is -0.954. The van der Waals surface area contributed by atoms with Crippen molar-refractivity contribution in [1.29, 1.82) is 0 Å². The van der Waals surface area contributed by atoms with Crippen LogP contribution in [0.3, 0.4) is 0 Å². The van der Waals surface area contributed by atoms with Crippen LogP contribution < -0.4 is 16.4 Å². The van der Waals surface area contributed by atoms with Gasteiger partial charge in [-0.15, -0.1) is 0 Å². The zero-order chi connectivity index (χ0) is 21.0. The minimum Gasteiger partial charge on any atom is -0.350 e. The summed E-state index contributed by atoms with van der Waals surface area (Å²) >= 11 is 0. The first-order chi connectivity index (χ1) is 13.9. The van der Waals surface area contributed by atoms with Gasteiger partial charge >= 0.3 is 6.03 Å². The zero-order valence-corrected chi connectivity index (χ0v) is 17.2. The van der Waals surface area contributed by atoms with Crippen LogP contribution in [0.15, 0.2) is 24.3 Å². The number of carbonyl (C=O) groups is 3. The molecule has 0 radical (unpaired) electrons. The Kier molecular flexibility index (Phi) is 6.74. The Balaban J connectivity index is 1.80. The number of aryl methyl sites for hydroxylation is 1. The molecule has 2 aliphatic rings. The molecule has 3 rings (SSSR count). The molecule has 1 atom stereocenters. The van der Waals surface area contributed by atoms with E-state index in [2.05, 4.69) is 10.6 Å². The minimum absolute atomic E-state index is 0.0231. The Labute approximate surface area is 171 Å². The van der Waals surface area contributed by atoms with Crippen molar-refractivity contribution in [2.45, 2.75) is 57.8 Å². The molecule has 1 unspecified atom stereocenters. The molecule has 8 heteroatoms. The van der Waals surface area contributed by atoms with Gasteiger partial charge in [0.1, 0.15) is 0 Å². The van der Waals surface area contributed by atoms with Gasteiger partial charge in [0, 0.05) is 37.3 Å². The molecule has 8 nitrogen and oxygen atoms in total. The molecule has 2 fully saturated rings. The maximum atomic E-state index is 13.2. The van der Waals surface area contributed by atoms with Gasteiger partial charge in [-0.1, -0.05) is 17.7 Å². The van der Waals surface area contributed by atoms with E-state index < -0.39 is 6.17 Å². The first-order valence-electron chi connectivity index (χ1n) is 10.4. The maximum Gasteiger partial charge on any atom is 0.319 e. The van der Waals surface area contributed by atoms with Crippen molar-refractivity contribution in [3.63, 3.8) is 0 Å². The highest BCUT2D eigenvalue weighted by Crippen LogP contribution is 2.22. The van der Waals surface area contributed by atoms with E-state index in [-0.39, 0.29) is 29.9 Å². The van der Waals surface area contributed by atoms with Crippen LogP contribution in [-0.4, -0.2) is 65.5 Å². The fraction of sp³-hybridized carbons (Fsp3) is 0.571. The number of nitrogens with one attached hydrogen (secondary N) is 2. The van der Waals surface area contributed by atoms with Gasteiger partial charge in [0.2, 0.25) is 0 Å². The fourth-order valence-corrected chi connectivity index (χ4v) is 4.07. The first kappa shape index (κ1) is 21.1. The van der Waals surface area contributed by atoms with E-state index in [1.807, 2.05) is 26.0 Å². The predicted molar refractivity (Wildman–Crippen MR) is 110 cm³/mol. The highest BCUT2D eigenvalue weighted by molar-refractivity contribution is 5.99. The lowest BCUT2D eigenvalue weighted by Crippen LogP contribution is -2.57. The van der Waals surface area contributed by atoms with Crippen molar-refractivity contribution in [3.8, 4) is 0 Å². The molecular weight excluding hydrogens is 370 g/mol. The van der Waals surface area contributed by atoms with Crippen molar-refractivity contribution in [2.75, 3.05) is 19.6 Å². The lowest BCUT2D eigenvalue weighted by atomic mass is 9.92. The van der Waals surface area contributed by atoms with Crippen LogP contribution in [0.25, 0.3) is 0 Å². The number of hydrogen-bond acceptors (Lipinski definition) is 4. The Bertz CT molecular complexity index is 760. The molecule has 1 aromatic carbocycles. The summed E-state index contributed by atoms with van der Waals surface area (Å²) in [6.45, 7) is 4.83. The average Bonchev–Trinajstić information content (AvgIpc) is 3.14. The molecule has 1 heterocycles. The third kappa shape index (κ3) is 4.87. The third-order valence-electron chi connectivity index (χ3n) is 5.64. The quantitative estimate of drug-likeness (QED) is 0.704. The number of nitrogens with zero attached hydrogens (tertiary/aromatic N) is 2. The van der Waals surface area contributed by atoms with Gasteiger partial charge in [0.25, 0.3) is 11.8 Å². The molecule has 4 amide bonds. The Morgan fingerprint density at radius 3 is 2.45 bits per heavy atom. The molecule has 0 spiro atoms. The first-order valence-corrected chi connectivity index (χ1v) is 10.4. The van der Waals surface area contributed by atoms with Gasteiger partial charge in [0.05, 0.1) is 0 Å². The second-order valence-electron chi connectivity index (χ2n) is 7.89. The number of benzene rings is 1. The molecule has 0 aromatic heterocycles. The summed E-state index contributed by atoms with van der Waals surface area (Å²) in [5.74, 6) is -0.554. The van der Waals surface area contributed by atoms with Crippen LogP contribution in [0.1, 0.15) is 48.5 Å². The van der Waals surface area contributed by atoms with Crippen LogP contribution in [0.5, 0.6) is 0 Å². The van der Waals surface area contributed by atoms with E-state index >= 15 is 0 Å². The fourth-order valence-electron chi connectivity index (χ4n) is 4.07. The summed E-state index contributed by atoms with van der Waals surface area (Å²) < 4.78 is 0. The van der Waals surface area contributed by atoms with Gasteiger partial charge in [-0.3, -0.25) is 14.5 Å². The lowest BCUT2D eigenvalue weighted by Gasteiger charge is -2.32. The summed E-state index contributed by atoms with van der Waals surface area (Å²) in [6.07, 6.45) is 2.40. The summed E-state index contributed by atoms with van der Waals surface area (Å²) in [5, 5.41) is 5.79. The van der Waals surface area contributed by atoms with E-state index in [1.54, 1.807) is 12.1 Å². The van der Waals surface area contributed by atoms with Gasteiger partial charge in [-0.05, 0) is 51.7 Å². The van der Waals surface area contributed by atoms with E-state index in [9.17, 15) is 14.4 Å². The van der Waals surface area contributed by atoms with Gasteiger partial charge in [0.15, 0.2) is 6.17 Å². The number of urea groups is 1. The molecule has 1 saturated heterocycles. The second kappa shape index (κ2) is 9.26. The van der Waals surface area contributed by atoms with Crippen molar-refractivity contribution >= 4 is 17.8 Å². The van der Waals surface area contributed by atoms with Crippen LogP contribution in [0, 0.1) is 6.92 Å². The van der Waals surface area contributed by atoms with Crippen LogP contribution in [-0.2, 0) is 4.79 Å². The molecular formula is C21H31N5O3. The smallest absolute Gasteiger partial charge is 0.319 e. The summed E-state index contributed by atoms with van der Waals surface area (Å²) in [5.41, 5.74) is 7.44. The third-order valence-corrected chi connectivity index (χ3v) is 5.64. The summed E-state index contributed by atoms with van der Waals surface area (Å²) in [7, 11) is 0. The molecule has 1 aliphatic carbocycles. The lowest BCUT2D eigenvalue weighted by molar-refractivity contribution is -0.129. The standard InChI is InChI=1S/C21H31N5O3/c1-3-23-21(29)26-12-11-25(20(28)15-6-4-5-14(2)13-15)19(26)18(27)24-17-9-7-16(22)8-10-17/h4-6,13,16-17,19H,3,7-12,22H2,1-2H3,(H,23,29)(H,24,27). The zero-order valence-electron chi connectivity index (χ0n) is 17.2. The SMILES string of the molecule is CCNC(=O)N1CCN(C(=O)c2cccc(C)c2)C1C(=O)NC1CCC(N)CC1. The molecule has 1 aromatic rings. The van der Waals surface area contributed by atoms with E-state index in [1.165, 1.54) is 9.80 Å². The Hall–Kier alpha value is -2.61. The average molecular weight is 402 g/mol. The molecule has 158 valence electrons. The normalized spacial score (nSPS) is 24.3. The van der Waals surface area contributed by atoms with E-state index in [0.29, 0.717) is 25.2 Å². The van der Waals surface area contributed by atoms with Crippen LogP contribution in [0.2, 0.25) is 0 Å². The second-order valence-corrected chi connectivity index (χ2v) is 7.89. The van der Waals surface area contributed by atoms with Crippen molar-refractivity contribution in [1.82, 2.24) is 20.4 Å². The Morgan fingerprint density at radius 2 is 1.79 bits per heavy atom. The Morgan fingerprint density at radius 1 is 1.10 bits per heavy atom. The molecule has 4 N–H and O–H groups in total. The molecule has 1 saturated carbocycles. The van der Waals surface area contributed by atoms with Crippen molar-refractivity contribution in [3.05, 3.63) is 35.4 Å². The summed E-state index contributed by atoms with van der Waals surface area (Å²) in [4.78, 5) is 41.8. The van der Waals surface area contributed by atoms with Crippen LogP contribution in [0.4, 0.5) is 4.79 Å². The number of carbonyl (C=O) groups excluding carboxylic acids is 3.